The van der Waals surface area contributed by atoms with Crippen LogP contribution in [0.2, 0.25) is 0 Å². The van der Waals surface area contributed by atoms with E-state index in [0.29, 0.717) is 12.2 Å². The van der Waals surface area contributed by atoms with Crippen LogP contribution in [0, 0.1) is 6.92 Å². The number of carbonyl (C=O) groups is 2. The van der Waals surface area contributed by atoms with Gasteiger partial charge in [-0.3, -0.25) is 0 Å². The molecular formula is C23H26N2O4S. The summed E-state index contributed by atoms with van der Waals surface area (Å²) in [5, 5.41) is 18.4. The lowest BCUT2D eigenvalue weighted by Crippen LogP contribution is -3.09. The van der Waals surface area contributed by atoms with E-state index in [1.165, 1.54) is 58.2 Å². The zero-order chi connectivity index (χ0) is 21.7. The van der Waals surface area contributed by atoms with Gasteiger partial charge in [-0.25, -0.2) is 9.78 Å². The van der Waals surface area contributed by atoms with Gasteiger partial charge in [0.2, 0.25) is 0 Å². The van der Waals surface area contributed by atoms with Gasteiger partial charge in [0, 0.05) is 29.4 Å². The van der Waals surface area contributed by atoms with E-state index in [4.69, 9.17) is 10.1 Å². The van der Waals surface area contributed by atoms with E-state index in [9.17, 15) is 14.7 Å². The normalized spacial score (nSPS) is 18.1. The summed E-state index contributed by atoms with van der Waals surface area (Å²) in [7, 11) is 2.31. The Morgan fingerprint density at radius 3 is 2.47 bits per heavy atom. The Balaban J connectivity index is 0.000000275. The minimum absolute atomic E-state index is 0.447. The van der Waals surface area contributed by atoms with E-state index >= 15 is 0 Å². The first-order valence-corrected chi connectivity index (χ1v) is 10.9. The van der Waals surface area contributed by atoms with Gasteiger partial charge in [0.15, 0.2) is 0 Å². The summed E-state index contributed by atoms with van der Waals surface area (Å²) in [6.07, 6.45) is 5.65. The highest BCUT2D eigenvalue weighted by atomic mass is 32.1. The summed E-state index contributed by atoms with van der Waals surface area (Å²) in [5.41, 5.74) is 7.34. The average Bonchev–Trinajstić information content (AvgIpc) is 3.01. The third-order valence-corrected chi connectivity index (χ3v) is 6.40. The number of carboxylic acid groups (broad SMARTS) is 2. The minimum atomic E-state index is -1.51. The monoisotopic (exact) mass is 426 g/mol. The van der Waals surface area contributed by atoms with Crippen LogP contribution < -0.4 is 10.0 Å². The molecular weight excluding hydrogens is 400 g/mol. The van der Waals surface area contributed by atoms with E-state index < -0.39 is 11.9 Å². The van der Waals surface area contributed by atoms with Crippen molar-refractivity contribution in [3.8, 4) is 0 Å². The molecule has 4 rings (SSSR count). The second-order valence-corrected chi connectivity index (χ2v) is 8.88. The van der Waals surface area contributed by atoms with Crippen LogP contribution in [0.15, 0.2) is 42.0 Å². The molecule has 2 N–H and O–H groups in total. The van der Waals surface area contributed by atoms with Crippen LogP contribution in [0.1, 0.15) is 39.5 Å². The van der Waals surface area contributed by atoms with Crippen molar-refractivity contribution in [1.82, 2.24) is 4.98 Å². The summed E-state index contributed by atoms with van der Waals surface area (Å²) in [6.45, 7) is 4.64. The van der Waals surface area contributed by atoms with Crippen LogP contribution in [0.25, 0.3) is 5.57 Å². The van der Waals surface area contributed by atoms with Crippen molar-refractivity contribution in [1.29, 1.82) is 0 Å². The second-order valence-electron chi connectivity index (χ2n) is 7.59. The topological polar surface area (TPSA) is 94.8 Å². The number of carbonyl (C=O) groups excluding carboxylic acids is 1. The van der Waals surface area contributed by atoms with Gasteiger partial charge in [0.25, 0.3) is 0 Å². The largest absolute Gasteiger partial charge is 0.545 e. The highest BCUT2D eigenvalue weighted by molar-refractivity contribution is 7.11. The Morgan fingerprint density at radius 1 is 1.13 bits per heavy atom. The fourth-order valence-electron chi connectivity index (χ4n) is 3.92. The van der Waals surface area contributed by atoms with Crippen molar-refractivity contribution in [2.75, 3.05) is 20.1 Å². The molecule has 1 aliphatic heterocycles. The minimum Gasteiger partial charge on any atom is -0.545 e. The Kier molecular flexibility index (Phi) is 7.18. The second kappa shape index (κ2) is 9.82. The third kappa shape index (κ3) is 5.43. The number of hydrogen-bond acceptors (Lipinski definition) is 5. The smallest absolute Gasteiger partial charge is 0.328 e. The number of benzene rings is 1. The number of rotatable bonds is 2. The van der Waals surface area contributed by atoms with Crippen molar-refractivity contribution in [3.63, 3.8) is 0 Å². The number of aliphatic carboxylic acids is 2. The number of nitrogens with one attached hydrogen (secondary N) is 1. The fourth-order valence-corrected chi connectivity index (χ4v) is 4.86. The summed E-state index contributed by atoms with van der Waals surface area (Å²) < 4.78 is 0. The molecule has 2 aliphatic rings. The first-order valence-electron chi connectivity index (χ1n) is 10.1. The average molecular weight is 427 g/mol. The van der Waals surface area contributed by atoms with Crippen LogP contribution in [-0.4, -0.2) is 42.2 Å². The van der Waals surface area contributed by atoms with Crippen molar-refractivity contribution < 1.29 is 24.7 Å². The molecule has 2 aromatic rings. The zero-order valence-electron chi connectivity index (χ0n) is 17.2. The molecule has 6 nitrogen and oxygen atoms in total. The molecule has 1 fully saturated rings. The third-order valence-electron chi connectivity index (χ3n) is 5.37. The number of hydrogen-bond donors (Lipinski definition) is 2. The number of piperidine rings is 1. The van der Waals surface area contributed by atoms with Gasteiger partial charge in [0.1, 0.15) is 0 Å². The van der Waals surface area contributed by atoms with E-state index in [1.807, 2.05) is 11.3 Å². The lowest BCUT2D eigenvalue weighted by atomic mass is 9.89. The maximum atomic E-state index is 9.53. The molecule has 0 unspecified atom stereocenters. The molecule has 30 heavy (non-hydrogen) atoms. The quantitative estimate of drug-likeness (QED) is 0.700. The molecule has 7 heteroatoms. The standard InChI is InChI=1S/C19H22N2S.C4H4O4/c1-13-20-19-17(22-13)8-7-14-5-3-4-6-16(14)18(19)15-9-11-21(2)12-10-15;5-3(6)1-2-4(7)8/h3-6H,7-12H2,1-2H3;1-2H,(H,5,6)(H,7,8)/b;2-1+. The van der Waals surface area contributed by atoms with E-state index in [-0.39, 0.29) is 0 Å². The Bertz CT molecular complexity index is 980. The number of likely N-dealkylation sites (tertiary alicyclic amines) is 1. The summed E-state index contributed by atoms with van der Waals surface area (Å²) >= 11 is 1.89. The van der Waals surface area contributed by atoms with Gasteiger partial charge in [0.05, 0.1) is 36.8 Å². The van der Waals surface area contributed by atoms with Crippen LogP contribution in [0.3, 0.4) is 0 Å². The van der Waals surface area contributed by atoms with E-state index in [1.54, 1.807) is 10.5 Å². The lowest BCUT2D eigenvalue weighted by Gasteiger charge is -2.24. The predicted octanol–water partition coefficient (Wildman–Crippen LogP) is 1.04. The molecule has 0 amide bonds. The van der Waals surface area contributed by atoms with Crippen molar-refractivity contribution in [2.45, 2.75) is 32.6 Å². The van der Waals surface area contributed by atoms with Crippen LogP contribution in [0.5, 0.6) is 0 Å². The van der Waals surface area contributed by atoms with Crippen LogP contribution >= 0.6 is 11.3 Å². The Hall–Kier alpha value is -2.77. The Morgan fingerprint density at radius 2 is 1.83 bits per heavy atom. The molecule has 0 bridgehead atoms. The van der Waals surface area contributed by atoms with Gasteiger partial charge in [-0.2, -0.15) is 0 Å². The first kappa shape index (κ1) is 21.9. The number of fused-ring (bicyclic) bond motifs is 2. The predicted molar refractivity (Wildman–Crippen MR) is 114 cm³/mol. The highest BCUT2D eigenvalue weighted by Crippen LogP contribution is 2.39. The maximum absolute atomic E-state index is 9.53. The highest BCUT2D eigenvalue weighted by Gasteiger charge is 2.26. The number of carboxylic acids is 2. The van der Waals surface area contributed by atoms with Gasteiger partial charge in [-0.05, 0) is 42.5 Å². The van der Waals surface area contributed by atoms with E-state index in [2.05, 4.69) is 38.2 Å². The van der Waals surface area contributed by atoms with Gasteiger partial charge in [-0.1, -0.05) is 24.3 Å². The van der Waals surface area contributed by atoms with Crippen molar-refractivity contribution in [3.05, 3.63) is 68.7 Å². The summed E-state index contributed by atoms with van der Waals surface area (Å²) in [5.74, 6) is -2.80. The number of nitrogens with zero attached hydrogens (tertiary/aromatic N) is 1. The molecule has 1 saturated heterocycles. The molecule has 1 aromatic heterocycles. The lowest BCUT2D eigenvalue weighted by molar-refractivity contribution is -0.882. The van der Waals surface area contributed by atoms with Crippen LogP contribution in [0.4, 0.5) is 0 Å². The molecule has 1 aliphatic carbocycles. The molecule has 2 heterocycles. The molecule has 0 saturated carbocycles. The fraction of sp³-hybridized carbons (Fsp3) is 0.348. The molecule has 158 valence electrons. The van der Waals surface area contributed by atoms with E-state index in [0.717, 1.165) is 12.8 Å². The number of aryl methyl sites for hydroxylation is 3. The van der Waals surface area contributed by atoms with Gasteiger partial charge < -0.3 is 19.9 Å². The number of quaternary nitrogens is 1. The maximum Gasteiger partial charge on any atom is 0.328 e. The zero-order valence-corrected chi connectivity index (χ0v) is 18.1. The summed E-state index contributed by atoms with van der Waals surface area (Å²) in [6, 6.07) is 8.98. The van der Waals surface area contributed by atoms with Gasteiger partial charge in [-0.15, -0.1) is 11.3 Å². The SMILES string of the molecule is Cc1nc2c(s1)CCc1ccccc1C2=C1CC[NH+](C)CC1.O=C([O-])/C=C/C(=O)O. The molecule has 0 atom stereocenters. The number of thiazole rings is 1. The number of aromatic nitrogens is 1. The molecule has 0 radical (unpaired) electrons. The van der Waals surface area contributed by atoms with Gasteiger partial charge >= 0.3 is 5.97 Å². The Labute approximate surface area is 180 Å². The summed E-state index contributed by atoms with van der Waals surface area (Å²) in [4.78, 5) is 27.0. The first-order chi connectivity index (χ1) is 14.3. The molecule has 0 spiro atoms. The van der Waals surface area contributed by atoms with Crippen molar-refractivity contribution in [2.24, 2.45) is 0 Å². The van der Waals surface area contributed by atoms with Crippen LogP contribution in [-0.2, 0) is 22.4 Å². The van der Waals surface area contributed by atoms with Crippen molar-refractivity contribution >= 4 is 28.8 Å². The molecule has 1 aromatic carbocycles.